The van der Waals surface area contributed by atoms with Crippen LogP contribution in [0, 0.1) is 28.9 Å². The second kappa shape index (κ2) is 5.52. The van der Waals surface area contributed by atoms with Crippen LogP contribution in [0.15, 0.2) is 12.3 Å². The lowest BCUT2D eigenvalue weighted by atomic mass is 9.87. The molecule has 0 amide bonds. The van der Waals surface area contributed by atoms with Crippen molar-refractivity contribution >= 4 is 11.5 Å². The summed E-state index contributed by atoms with van der Waals surface area (Å²) in [5.74, 6) is 1.71. The number of nitrogens with two attached hydrogens (primary N) is 1. The maximum absolute atomic E-state index is 11.0. The fourth-order valence-corrected chi connectivity index (χ4v) is 2.54. The van der Waals surface area contributed by atoms with Crippen molar-refractivity contribution in [1.82, 2.24) is 4.98 Å². The van der Waals surface area contributed by atoms with Gasteiger partial charge in [0.15, 0.2) is 0 Å². The van der Waals surface area contributed by atoms with Crippen molar-refractivity contribution in [1.29, 1.82) is 0 Å². The largest absolute Gasteiger partial charge is 0.356 e. The first kappa shape index (κ1) is 13.7. The monoisotopic (exact) mass is 264 g/mol. The third kappa shape index (κ3) is 2.84. The van der Waals surface area contributed by atoms with Gasteiger partial charge in [0.05, 0.1) is 11.0 Å². The zero-order valence-electron chi connectivity index (χ0n) is 11.4. The predicted octanol–water partition coefficient (Wildman–Crippen LogP) is 1.72. The summed E-state index contributed by atoms with van der Waals surface area (Å²) >= 11 is 0. The second-order valence-corrected chi connectivity index (χ2v) is 5.29. The molecule has 0 spiro atoms. The number of aromatic nitrogens is 1. The molecule has 6 heteroatoms. The number of nitrogens with zero attached hydrogens (tertiary/aromatic N) is 3. The van der Waals surface area contributed by atoms with Gasteiger partial charge in [0.25, 0.3) is 5.69 Å². The van der Waals surface area contributed by atoms with Gasteiger partial charge in [-0.05, 0) is 31.7 Å². The van der Waals surface area contributed by atoms with Gasteiger partial charge in [0.2, 0.25) is 0 Å². The highest BCUT2D eigenvalue weighted by Crippen LogP contribution is 2.28. The Morgan fingerprint density at radius 2 is 2.37 bits per heavy atom. The molecule has 2 atom stereocenters. The Hall–Kier alpha value is -1.69. The standard InChI is InChI=1S/C13H20N4O2/c1-9-3-4-16(8-11(9)6-14)13-5-12(17(18)19)10(2)7-15-13/h5,7,9,11H,3-4,6,8,14H2,1-2H3. The van der Waals surface area contributed by atoms with E-state index in [-0.39, 0.29) is 10.6 Å². The third-order valence-corrected chi connectivity index (χ3v) is 4.00. The Morgan fingerprint density at radius 1 is 1.63 bits per heavy atom. The molecule has 0 aromatic carbocycles. The molecule has 1 aliphatic heterocycles. The SMILES string of the molecule is Cc1cnc(N2CCC(C)C(CN)C2)cc1[N+](=O)[O-]. The van der Waals surface area contributed by atoms with E-state index in [0.29, 0.717) is 29.8 Å². The van der Waals surface area contributed by atoms with Crippen LogP contribution in [0.5, 0.6) is 0 Å². The van der Waals surface area contributed by atoms with E-state index in [1.165, 1.54) is 0 Å². The van der Waals surface area contributed by atoms with Crippen LogP contribution in [0.4, 0.5) is 11.5 Å². The Balaban J connectivity index is 2.22. The van der Waals surface area contributed by atoms with Gasteiger partial charge in [-0.15, -0.1) is 0 Å². The maximum Gasteiger partial charge on any atom is 0.277 e. The average molecular weight is 264 g/mol. The average Bonchev–Trinajstić information content (AvgIpc) is 2.39. The molecule has 0 saturated carbocycles. The van der Waals surface area contributed by atoms with Gasteiger partial charge >= 0.3 is 0 Å². The van der Waals surface area contributed by atoms with Gasteiger partial charge in [0.1, 0.15) is 5.82 Å². The van der Waals surface area contributed by atoms with Crippen LogP contribution in [0.1, 0.15) is 18.9 Å². The van der Waals surface area contributed by atoms with Gasteiger partial charge < -0.3 is 10.6 Å². The molecular weight excluding hydrogens is 244 g/mol. The molecule has 2 N–H and O–H groups in total. The molecule has 19 heavy (non-hydrogen) atoms. The van der Waals surface area contributed by atoms with Crippen LogP contribution in [-0.4, -0.2) is 29.5 Å². The van der Waals surface area contributed by atoms with Crippen LogP contribution in [0.2, 0.25) is 0 Å². The van der Waals surface area contributed by atoms with Crippen molar-refractivity contribution < 1.29 is 4.92 Å². The minimum atomic E-state index is -0.354. The first-order valence-electron chi connectivity index (χ1n) is 6.59. The molecule has 1 aromatic rings. The van der Waals surface area contributed by atoms with Gasteiger partial charge in [-0.2, -0.15) is 0 Å². The molecule has 2 heterocycles. The fourth-order valence-electron chi connectivity index (χ4n) is 2.54. The second-order valence-electron chi connectivity index (χ2n) is 5.29. The minimum absolute atomic E-state index is 0.132. The lowest BCUT2D eigenvalue weighted by molar-refractivity contribution is -0.385. The topological polar surface area (TPSA) is 85.3 Å². The summed E-state index contributed by atoms with van der Waals surface area (Å²) in [5, 5.41) is 11.0. The molecular formula is C13H20N4O2. The minimum Gasteiger partial charge on any atom is -0.356 e. The molecule has 1 saturated heterocycles. The van der Waals surface area contributed by atoms with E-state index in [4.69, 9.17) is 5.73 Å². The number of pyridine rings is 1. The Bertz CT molecular complexity index is 478. The quantitative estimate of drug-likeness (QED) is 0.663. The normalized spacial score (nSPS) is 23.4. The Morgan fingerprint density at radius 3 is 3.00 bits per heavy atom. The van der Waals surface area contributed by atoms with Crippen molar-refractivity contribution in [3.8, 4) is 0 Å². The van der Waals surface area contributed by atoms with Crippen molar-refractivity contribution in [2.75, 3.05) is 24.5 Å². The number of piperidine rings is 1. The van der Waals surface area contributed by atoms with Crippen molar-refractivity contribution in [2.45, 2.75) is 20.3 Å². The number of nitro groups is 1. The maximum atomic E-state index is 11.0. The summed E-state index contributed by atoms with van der Waals surface area (Å²) in [6, 6.07) is 1.57. The van der Waals surface area contributed by atoms with Gasteiger partial charge in [-0.25, -0.2) is 4.98 Å². The summed E-state index contributed by atoms with van der Waals surface area (Å²) in [6.07, 6.45) is 2.62. The molecule has 2 rings (SSSR count). The zero-order valence-corrected chi connectivity index (χ0v) is 11.4. The number of hydrogen-bond donors (Lipinski definition) is 1. The summed E-state index contributed by atoms with van der Waals surface area (Å²) in [5.41, 5.74) is 6.51. The van der Waals surface area contributed by atoms with E-state index >= 15 is 0 Å². The van der Waals surface area contributed by atoms with Gasteiger partial charge in [-0.1, -0.05) is 6.92 Å². The van der Waals surface area contributed by atoms with Crippen LogP contribution in [-0.2, 0) is 0 Å². The highest BCUT2D eigenvalue weighted by Gasteiger charge is 2.26. The van der Waals surface area contributed by atoms with E-state index in [1.807, 2.05) is 0 Å². The van der Waals surface area contributed by atoms with E-state index in [0.717, 1.165) is 19.5 Å². The summed E-state index contributed by atoms with van der Waals surface area (Å²) < 4.78 is 0. The third-order valence-electron chi connectivity index (χ3n) is 4.00. The number of anilines is 1. The zero-order chi connectivity index (χ0) is 14.0. The van der Waals surface area contributed by atoms with Crippen molar-refractivity contribution in [3.63, 3.8) is 0 Å². The van der Waals surface area contributed by atoms with Crippen molar-refractivity contribution in [3.05, 3.63) is 27.9 Å². The van der Waals surface area contributed by atoms with Crippen LogP contribution in [0.25, 0.3) is 0 Å². The molecule has 0 bridgehead atoms. The lowest BCUT2D eigenvalue weighted by Crippen LogP contribution is -2.43. The van der Waals surface area contributed by atoms with Crippen LogP contribution < -0.4 is 10.6 Å². The van der Waals surface area contributed by atoms with E-state index < -0.39 is 0 Å². The predicted molar refractivity (Wildman–Crippen MR) is 74.2 cm³/mol. The van der Waals surface area contributed by atoms with E-state index in [2.05, 4.69) is 16.8 Å². The molecule has 0 aliphatic carbocycles. The first-order valence-corrected chi connectivity index (χ1v) is 6.59. The van der Waals surface area contributed by atoms with Gasteiger partial charge in [0, 0.05) is 24.8 Å². The summed E-state index contributed by atoms with van der Waals surface area (Å²) in [4.78, 5) is 17.0. The van der Waals surface area contributed by atoms with Gasteiger partial charge in [-0.3, -0.25) is 10.1 Å². The first-order chi connectivity index (χ1) is 9.02. The molecule has 1 fully saturated rings. The molecule has 104 valence electrons. The smallest absolute Gasteiger partial charge is 0.277 e. The molecule has 6 nitrogen and oxygen atoms in total. The Labute approximate surface area is 112 Å². The molecule has 1 aromatic heterocycles. The van der Waals surface area contributed by atoms with E-state index in [9.17, 15) is 10.1 Å². The summed E-state index contributed by atoms with van der Waals surface area (Å²) in [6.45, 7) is 6.26. The number of hydrogen-bond acceptors (Lipinski definition) is 5. The molecule has 1 aliphatic rings. The highest BCUT2D eigenvalue weighted by atomic mass is 16.6. The summed E-state index contributed by atoms with van der Waals surface area (Å²) in [7, 11) is 0. The number of aryl methyl sites for hydroxylation is 1. The fraction of sp³-hybridized carbons (Fsp3) is 0.615. The molecule has 0 radical (unpaired) electrons. The Kier molecular flexibility index (Phi) is 3.99. The lowest BCUT2D eigenvalue weighted by Gasteiger charge is -2.37. The van der Waals surface area contributed by atoms with Crippen LogP contribution >= 0.6 is 0 Å². The highest BCUT2D eigenvalue weighted by molar-refractivity contribution is 5.50. The molecule has 2 unspecified atom stereocenters. The number of rotatable bonds is 3. The van der Waals surface area contributed by atoms with Crippen molar-refractivity contribution in [2.24, 2.45) is 17.6 Å². The van der Waals surface area contributed by atoms with Crippen LogP contribution in [0.3, 0.4) is 0 Å². The van der Waals surface area contributed by atoms with E-state index in [1.54, 1.807) is 19.2 Å².